The lowest BCUT2D eigenvalue weighted by Gasteiger charge is -2.09. The molecule has 0 unspecified atom stereocenters. The number of carboxylic acids is 1. The van der Waals surface area contributed by atoms with Crippen molar-refractivity contribution in [1.29, 1.82) is 0 Å². The van der Waals surface area contributed by atoms with E-state index in [2.05, 4.69) is 20.3 Å². The quantitative estimate of drug-likeness (QED) is 0.433. The largest absolute Gasteiger partial charge is 0.480 e. The molecule has 3 rings (SSSR count). The minimum atomic E-state index is -1.09. The predicted octanol–water partition coefficient (Wildman–Crippen LogP) is 0.821. The van der Waals surface area contributed by atoms with Gasteiger partial charge in [-0.05, 0) is 43.0 Å². The Morgan fingerprint density at radius 2 is 1.96 bits per heavy atom. The molecule has 0 aliphatic rings. The lowest BCUT2D eigenvalue weighted by atomic mass is 10.0. The zero-order valence-corrected chi connectivity index (χ0v) is 14.6. The molecule has 9 nitrogen and oxygen atoms in total. The van der Waals surface area contributed by atoms with Gasteiger partial charge in [-0.1, -0.05) is 12.1 Å². The highest BCUT2D eigenvalue weighted by molar-refractivity contribution is 5.96. The number of hydrogen-bond donors (Lipinski definition) is 5. The molecule has 0 fully saturated rings. The number of H-pyrrole nitrogens is 2. The number of nitrogens with one attached hydrogen (secondary N) is 3. The van der Waals surface area contributed by atoms with E-state index in [1.54, 1.807) is 30.5 Å². The number of aromatic nitrogens is 3. The Labute approximate surface area is 153 Å². The van der Waals surface area contributed by atoms with Crippen LogP contribution in [0.1, 0.15) is 28.4 Å². The summed E-state index contributed by atoms with van der Waals surface area (Å²) in [5.41, 5.74) is 7.89. The van der Waals surface area contributed by atoms with Crippen molar-refractivity contribution in [2.75, 3.05) is 5.73 Å². The van der Waals surface area contributed by atoms with Crippen LogP contribution in [0.4, 0.5) is 5.95 Å². The molecule has 0 aliphatic heterocycles. The maximum atomic E-state index is 12.1. The minimum Gasteiger partial charge on any atom is -0.480 e. The molecule has 1 atom stereocenters. The number of nitrogens with two attached hydrogens (primary N) is 1. The van der Waals surface area contributed by atoms with Gasteiger partial charge in [-0.15, -0.1) is 0 Å². The topological polar surface area (TPSA) is 154 Å². The van der Waals surface area contributed by atoms with E-state index in [-0.39, 0.29) is 11.5 Å². The van der Waals surface area contributed by atoms with Crippen LogP contribution in [0.2, 0.25) is 0 Å². The number of aliphatic carboxylic acids is 1. The van der Waals surface area contributed by atoms with Crippen molar-refractivity contribution in [3.63, 3.8) is 0 Å². The summed E-state index contributed by atoms with van der Waals surface area (Å²) in [5.74, 6) is -1.47. The Kier molecular flexibility index (Phi) is 4.93. The summed E-state index contributed by atoms with van der Waals surface area (Å²) < 4.78 is 0. The molecule has 2 aromatic heterocycles. The second kappa shape index (κ2) is 7.32. The van der Waals surface area contributed by atoms with Gasteiger partial charge in [-0.3, -0.25) is 19.4 Å². The average molecular weight is 369 g/mol. The van der Waals surface area contributed by atoms with Crippen LogP contribution in [-0.2, 0) is 17.6 Å². The Balaban J connectivity index is 1.68. The summed E-state index contributed by atoms with van der Waals surface area (Å²) >= 11 is 0. The molecule has 0 bridgehead atoms. The summed E-state index contributed by atoms with van der Waals surface area (Å²) in [6.45, 7) is 1.40. The van der Waals surface area contributed by atoms with Crippen LogP contribution in [0.15, 0.2) is 35.3 Å². The number of aryl methyl sites for hydroxylation is 2. The Morgan fingerprint density at radius 1 is 1.26 bits per heavy atom. The molecule has 0 saturated carbocycles. The van der Waals surface area contributed by atoms with Gasteiger partial charge in [0, 0.05) is 11.8 Å². The number of benzene rings is 1. The van der Waals surface area contributed by atoms with Gasteiger partial charge < -0.3 is 21.1 Å². The summed E-state index contributed by atoms with van der Waals surface area (Å²) in [6.07, 6.45) is 3.00. The van der Waals surface area contributed by atoms with Crippen molar-refractivity contribution in [2.45, 2.75) is 25.8 Å². The monoisotopic (exact) mass is 369 g/mol. The van der Waals surface area contributed by atoms with E-state index in [0.29, 0.717) is 29.4 Å². The summed E-state index contributed by atoms with van der Waals surface area (Å²) in [4.78, 5) is 44.4. The number of aromatic amines is 2. The molecular weight excluding hydrogens is 350 g/mol. The van der Waals surface area contributed by atoms with Crippen LogP contribution in [0.5, 0.6) is 0 Å². The predicted molar refractivity (Wildman–Crippen MR) is 99.5 cm³/mol. The molecule has 3 aromatic rings. The highest BCUT2D eigenvalue weighted by Gasteiger charge is 2.15. The molecule has 9 heteroatoms. The van der Waals surface area contributed by atoms with E-state index in [9.17, 15) is 14.4 Å². The minimum absolute atomic E-state index is 0.0620. The van der Waals surface area contributed by atoms with Crippen molar-refractivity contribution in [1.82, 2.24) is 20.3 Å². The van der Waals surface area contributed by atoms with Gasteiger partial charge in [-0.25, -0.2) is 0 Å². The third kappa shape index (κ3) is 3.97. The number of fused-ring (bicyclic) bond motifs is 1. The summed E-state index contributed by atoms with van der Waals surface area (Å²) in [7, 11) is 0. The van der Waals surface area contributed by atoms with Crippen molar-refractivity contribution >= 4 is 28.9 Å². The fourth-order valence-electron chi connectivity index (χ4n) is 2.76. The smallest absolute Gasteiger partial charge is 0.325 e. The van der Waals surface area contributed by atoms with Crippen LogP contribution >= 0.6 is 0 Å². The van der Waals surface area contributed by atoms with Crippen LogP contribution < -0.4 is 16.6 Å². The first kappa shape index (κ1) is 18.2. The van der Waals surface area contributed by atoms with Crippen molar-refractivity contribution < 1.29 is 14.7 Å². The van der Waals surface area contributed by atoms with Gasteiger partial charge in [0.05, 0.1) is 5.39 Å². The van der Waals surface area contributed by atoms with Gasteiger partial charge in [0.1, 0.15) is 11.7 Å². The Bertz CT molecular complexity index is 1050. The number of nitrogen functional groups attached to an aromatic ring is 1. The summed E-state index contributed by atoms with van der Waals surface area (Å²) in [5, 5.41) is 11.7. The molecule has 1 amide bonds. The molecule has 140 valence electrons. The van der Waals surface area contributed by atoms with Gasteiger partial charge in [0.15, 0.2) is 0 Å². The van der Waals surface area contributed by atoms with Crippen LogP contribution in [0.25, 0.3) is 11.0 Å². The Morgan fingerprint density at radius 3 is 2.63 bits per heavy atom. The van der Waals surface area contributed by atoms with Gasteiger partial charge in [0.2, 0.25) is 5.95 Å². The number of hydrogen-bond acceptors (Lipinski definition) is 5. The second-order valence-electron chi connectivity index (χ2n) is 6.22. The van der Waals surface area contributed by atoms with Crippen molar-refractivity contribution in [3.05, 3.63) is 57.5 Å². The van der Waals surface area contributed by atoms with E-state index >= 15 is 0 Å². The summed E-state index contributed by atoms with van der Waals surface area (Å²) in [6, 6.07) is 5.93. The average Bonchev–Trinajstić information content (AvgIpc) is 3.03. The second-order valence-corrected chi connectivity index (χ2v) is 6.22. The first-order valence-corrected chi connectivity index (χ1v) is 8.33. The zero-order valence-electron chi connectivity index (χ0n) is 14.6. The lowest BCUT2D eigenvalue weighted by Crippen LogP contribution is -2.38. The fraction of sp³-hybridized carbons (Fsp3) is 0.222. The standard InChI is InChI=1S/C18H19N5O4/c1-9(17(26)27)21-15(24)11-5-2-10(3-6-11)4-7-12-8-20-14-13(12)16(25)23-18(19)22-14/h2-3,5-6,8-9H,4,7H2,1H3,(H,21,24)(H,26,27)(H4,19,20,22,23,25)/t9-/m0/s1. The molecule has 0 spiro atoms. The van der Waals surface area contributed by atoms with E-state index < -0.39 is 17.9 Å². The zero-order chi connectivity index (χ0) is 19.6. The SMILES string of the molecule is C[C@H](NC(=O)c1ccc(CCc2c[nH]c3nc(N)[nH]c(=O)c23)cc1)C(=O)O. The molecule has 27 heavy (non-hydrogen) atoms. The number of rotatable bonds is 6. The van der Waals surface area contributed by atoms with Crippen LogP contribution in [-0.4, -0.2) is 38.0 Å². The molecule has 6 N–H and O–H groups in total. The van der Waals surface area contributed by atoms with Crippen molar-refractivity contribution in [2.24, 2.45) is 0 Å². The number of amides is 1. The number of carboxylic acid groups (broad SMARTS) is 1. The molecular formula is C18H19N5O4. The third-order valence-corrected chi connectivity index (χ3v) is 4.26. The molecule has 0 aliphatic carbocycles. The van der Waals surface area contributed by atoms with Crippen LogP contribution in [0, 0.1) is 0 Å². The van der Waals surface area contributed by atoms with Crippen LogP contribution in [0.3, 0.4) is 0 Å². The maximum Gasteiger partial charge on any atom is 0.325 e. The molecule has 0 saturated heterocycles. The van der Waals surface area contributed by atoms with E-state index in [1.165, 1.54) is 6.92 Å². The first-order chi connectivity index (χ1) is 12.8. The van der Waals surface area contributed by atoms with Crippen molar-refractivity contribution in [3.8, 4) is 0 Å². The maximum absolute atomic E-state index is 12.1. The number of carbonyl (C=O) groups excluding carboxylic acids is 1. The molecule has 2 heterocycles. The Hall–Kier alpha value is -3.62. The van der Waals surface area contributed by atoms with Gasteiger partial charge in [0.25, 0.3) is 11.5 Å². The lowest BCUT2D eigenvalue weighted by molar-refractivity contribution is -0.138. The number of anilines is 1. The highest BCUT2D eigenvalue weighted by atomic mass is 16.4. The normalized spacial score (nSPS) is 12.0. The van der Waals surface area contributed by atoms with Gasteiger partial charge in [-0.2, -0.15) is 4.98 Å². The first-order valence-electron chi connectivity index (χ1n) is 8.33. The number of carbonyl (C=O) groups is 2. The molecule has 1 aromatic carbocycles. The van der Waals surface area contributed by atoms with Gasteiger partial charge >= 0.3 is 5.97 Å². The number of nitrogens with zero attached hydrogens (tertiary/aromatic N) is 1. The van der Waals surface area contributed by atoms with E-state index in [1.807, 2.05) is 0 Å². The van der Waals surface area contributed by atoms with E-state index in [4.69, 9.17) is 10.8 Å². The highest BCUT2D eigenvalue weighted by Crippen LogP contribution is 2.16. The molecule has 0 radical (unpaired) electrons. The fourth-order valence-corrected chi connectivity index (χ4v) is 2.76. The van der Waals surface area contributed by atoms with E-state index in [0.717, 1.165) is 11.1 Å². The third-order valence-electron chi connectivity index (χ3n) is 4.26.